The zero-order chi connectivity index (χ0) is 21.8. The Hall–Kier alpha value is -3.97. The molecule has 5 aromatic rings. The van der Waals surface area contributed by atoms with Gasteiger partial charge < -0.3 is 0 Å². The van der Waals surface area contributed by atoms with Crippen molar-refractivity contribution in [1.29, 1.82) is 0 Å². The van der Waals surface area contributed by atoms with Crippen LogP contribution in [0.2, 0.25) is 0 Å². The lowest BCUT2D eigenvalue weighted by molar-refractivity contribution is -0.693. The third-order valence-corrected chi connectivity index (χ3v) is 5.96. The van der Waals surface area contributed by atoms with E-state index in [1.54, 1.807) is 0 Å². The first-order valence-electron chi connectivity index (χ1n) is 11.2. The summed E-state index contributed by atoms with van der Waals surface area (Å²) in [5.74, 6) is 0. The Bertz CT molecular complexity index is 1250. The summed E-state index contributed by atoms with van der Waals surface area (Å²) in [4.78, 5) is 0. The summed E-state index contributed by atoms with van der Waals surface area (Å²) in [6.45, 7) is 3.13. The van der Waals surface area contributed by atoms with Crippen molar-refractivity contribution >= 4 is 0 Å². The molecular formula is C31H26N+. The largest absolute Gasteiger partial charge is 0.205 e. The van der Waals surface area contributed by atoms with Crippen molar-refractivity contribution < 1.29 is 4.57 Å². The molecule has 1 nitrogen and oxygen atoms in total. The van der Waals surface area contributed by atoms with Gasteiger partial charge >= 0.3 is 0 Å². The molecule has 0 atom stereocenters. The van der Waals surface area contributed by atoms with E-state index in [1.807, 2.05) is 0 Å². The molecule has 0 saturated carbocycles. The number of rotatable bonds is 5. The van der Waals surface area contributed by atoms with Gasteiger partial charge in [0, 0.05) is 12.1 Å². The zero-order valence-corrected chi connectivity index (χ0v) is 18.3. The molecular weight excluding hydrogens is 386 g/mol. The lowest BCUT2D eigenvalue weighted by Crippen LogP contribution is -2.30. The molecule has 5 rings (SSSR count). The Kier molecular flexibility index (Phi) is 5.63. The summed E-state index contributed by atoms with van der Waals surface area (Å²) in [5.41, 5.74) is 9.91. The maximum atomic E-state index is 2.34. The molecule has 0 N–H and O–H groups in total. The van der Waals surface area contributed by atoms with Crippen molar-refractivity contribution in [1.82, 2.24) is 0 Å². The summed E-state index contributed by atoms with van der Waals surface area (Å²) < 4.78 is 2.20. The predicted octanol–water partition coefficient (Wildman–Crippen LogP) is 7.66. The van der Waals surface area contributed by atoms with E-state index in [0.29, 0.717) is 0 Å². The SMILES string of the molecule is CC[n+]1ccc(-c2c(-c3ccccc3)cc(-c3ccccc3)cc2-c2ccccc2)cc1. The van der Waals surface area contributed by atoms with Gasteiger partial charge in [0.15, 0.2) is 12.4 Å². The second kappa shape index (κ2) is 9.03. The molecule has 0 amide bonds. The molecule has 1 heteroatoms. The van der Waals surface area contributed by atoms with Gasteiger partial charge in [0.2, 0.25) is 0 Å². The highest BCUT2D eigenvalue weighted by Gasteiger charge is 2.17. The standard InChI is InChI=1S/C31H26N/c1-2-32-20-18-27(19-21-32)31-29(25-14-8-4-9-15-25)22-28(24-12-6-3-7-13-24)23-30(31)26-16-10-5-11-17-26/h3-23H,2H2,1H3/q+1. The summed E-state index contributed by atoms with van der Waals surface area (Å²) in [6, 6.07) is 41.3. The van der Waals surface area contributed by atoms with Crippen LogP contribution in [0.5, 0.6) is 0 Å². The minimum Gasteiger partial charge on any atom is -0.205 e. The van der Waals surface area contributed by atoms with Gasteiger partial charge in [0.05, 0.1) is 0 Å². The lowest BCUT2D eigenvalue weighted by atomic mass is 9.85. The molecule has 0 bridgehead atoms. The smallest absolute Gasteiger partial charge is 0.169 e. The Morgan fingerprint density at radius 2 is 0.906 bits per heavy atom. The van der Waals surface area contributed by atoms with E-state index in [9.17, 15) is 0 Å². The minimum absolute atomic E-state index is 0.963. The monoisotopic (exact) mass is 412 g/mol. The Morgan fingerprint density at radius 3 is 1.34 bits per heavy atom. The fourth-order valence-corrected chi connectivity index (χ4v) is 4.28. The molecule has 1 aromatic heterocycles. The first-order valence-corrected chi connectivity index (χ1v) is 11.2. The third-order valence-electron chi connectivity index (χ3n) is 5.96. The van der Waals surface area contributed by atoms with E-state index in [-0.39, 0.29) is 0 Å². The van der Waals surface area contributed by atoms with Gasteiger partial charge in [-0.15, -0.1) is 0 Å². The van der Waals surface area contributed by atoms with E-state index in [2.05, 4.69) is 139 Å². The zero-order valence-electron chi connectivity index (χ0n) is 18.3. The highest BCUT2D eigenvalue weighted by atomic mass is 14.9. The van der Waals surface area contributed by atoms with Crippen molar-refractivity contribution in [2.24, 2.45) is 0 Å². The first kappa shape index (κ1) is 20.0. The van der Waals surface area contributed by atoms with Crippen LogP contribution in [0.4, 0.5) is 0 Å². The van der Waals surface area contributed by atoms with Gasteiger partial charge in [0.1, 0.15) is 6.54 Å². The van der Waals surface area contributed by atoms with Crippen molar-refractivity contribution in [3.63, 3.8) is 0 Å². The molecule has 4 aromatic carbocycles. The molecule has 0 unspecified atom stereocenters. The van der Waals surface area contributed by atoms with Crippen LogP contribution in [0.3, 0.4) is 0 Å². The second-order valence-electron chi connectivity index (χ2n) is 7.96. The first-order chi connectivity index (χ1) is 15.8. The maximum Gasteiger partial charge on any atom is 0.169 e. The highest BCUT2D eigenvalue weighted by molar-refractivity contribution is 5.97. The van der Waals surface area contributed by atoms with Crippen LogP contribution in [-0.4, -0.2) is 0 Å². The number of nitrogens with zero attached hydrogens (tertiary/aromatic N) is 1. The summed E-state index contributed by atoms with van der Waals surface area (Å²) in [5, 5.41) is 0. The van der Waals surface area contributed by atoms with Crippen molar-refractivity contribution in [2.75, 3.05) is 0 Å². The van der Waals surface area contributed by atoms with Gasteiger partial charge in [-0.25, -0.2) is 4.57 Å². The predicted molar refractivity (Wildman–Crippen MR) is 134 cm³/mol. The molecule has 0 fully saturated rings. The number of hydrogen-bond acceptors (Lipinski definition) is 0. The third kappa shape index (κ3) is 3.98. The highest BCUT2D eigenvalue weighted by Crippen LogP contribution is 2.42. The molecule has 0 aliphatic carbocycles. The van der Waals surface area contributed by atoms with E-state index >= 15 is 0 Å². The quantitative estimate of drug-likeness (QED) is 0.261. The number of hydrogen-bond donors (Lipinski definition) is 0. The Labute approximate surface area is 190 Å². The van der Waals surface area contributed by atoms with Gasteiger partial charge in [-0.3, -0.25) is 0 Å². The fourth-order valence-electron chi connectivity index (χ4n) is 4.28. The van der Waals surface area contributed by atoms with E-state index in [4.69, 9.17) is 0 Å². The molecule has 0 aliphatic rings. The second-order valence-corrected chi connectivity index (χ2v) is 7.96. The van der Waals surface area contributed by atoms with Gasteiger partial charge in [0.25, 0.3) is 0 Å². The van der Waals surface area contributed by atoms with Gasteiger partial charge in [-0.2, -0.15) is 0 Å². The molecule has 0 aliphatic heterocycles. The molecule has 0 saturated heterocycles. The lowest BCUT2D eigenvalue weighted by Gasteiger charge is -2.18. The van der Waals surface area contributed by atoms with E-state index in [1.165, 1.54) is 44.5 Å². The van der Waals surface area contributed by atoms with E-state index in [0.717, 1.165) is 6.54 Å². The van der Waals surface area contributed by atoms with Crippen LogP contribution in [-0.2, 0) is 6.54 Å². The van der Waals surface area contributed by atoms with Crippen LogP contribution >= 0.6 is 0 Å². The molecule has 0 spiro atoms. The van der Waals surface area contributed by atoms with Gasteiger partial charge in [-0.05, 0) is 63.6 Å². The fraction of sp³-hybridized carbons (Fsp3) is 0.0645. The minimum atomic E-state index is 0.963. The summed E-state index contributed by atoms with van der Waals surface area (Å²) in [7, 11) is 0. The normalized spacial score (nSPS) is 10.8. The molecule has 1 heterocycles. The number of pyridine rings is 1. The van der Waals surface area contributed by atoms with Crippen molar-refractivity contribution in [3.05, 3.63) is 128 Å². The average Bonchev–Trinajstić information content (AvgIpc) is 2.89. The molecule has 154 valence electrons. The topological polar surface area (TPSA) is 3.88 Å². The van der Waals surface area contributed by atoms with Crippen molar-refractivity contribution in [2.45, 2.75) is 13.5 Å². The van der Waals surface area contributed by atoms with Crippen molar-refractivity contribution in [3.8, 4) is 44.5 Å². The van der Waals surface area contributed by atoms with Crippen LogP contribution in [0, 0.1) is 0 Å². The molecule has 0 radical (unpaired) electrons. The average molecular weight is 413 g/mol. The number of aromatic nitrogens is 1. The Balaban J connectivity index is 1.85. The van der Waals surface area contributed by atoms with Gasteiger partial charge in [-0.1, -0.05) is 91.0 Å². The van der Waals surface area contributed by atoms with Crippen LogP contribution in [0.15, 0.2) is 128 Å². The maximum absolute atomic E-state index is 2.34. The summed E-state index contributed by atoms with van der Waals surface area (Å²) >= 11 is 0. The van der Waals surface area contributed by atoms with Crippen LogP contribution in [0.1, 0.15) is 6.92 Å². The number of benzene rings is 4. The summed E-state index contributed by atoms with van der Waals surface area (Å²) in [6.07, 6.45) is 4.34. The Morgan fingerprint density at radius 1 is 0.469 bits per heavy atom. The number of aryl methyl sites for hydroxylation is 1. The van der Waals surface area contributed by atoms with Crippen LogP contribution < -0.4 is 4.57 Å². The van der Waals surface area contributed by atoms with Crippen LogP contribution in [0.25, 0.3) is 44.5 Å². The van der Waals surface area contributed by atoms with E-state index < -0.39 is 0 Å². The molecule has 32 heavy (non-hydrogen) atoms.